The molecular formula is C19H22N4O4S3. The molecule has 11 heteroatoms. The quantitative estimate of drug-likeness (QED) is 0.339. The average molecular weight is 467 g/mol. The summed E-state index contributed by atoms with van der Waals surface area (Å²) in [5.41, 5.74) is 0.900. The summed E-state index contributed by atoms with van der Waals surface area (Å²) in [5.74, 6) is 0.686. The van der Waals surface area contributed by atoms with Gasteiger partial charge in [0.2, 0.25) is 11.0 Å². The van der Waals surface area contributed by atoms with Crippen LogP contribution in [0.25, 0.3) is 11.3 Å². The van der Waals surface area contributed by atoms with Crippen LogP contribution in [0.15, 0.2) is 26.3 Å². The number of aryl methyl sites for hydroxylation is 1. The molecule has 30 heavy (non-hydrogen) atoms. The second-order valence-corrected chi connectivity index (χ2v) is 9.57. The van der Waals surface area contributed by atoms with Crippen molar-refractivity contribution in [3.8, 4) is 11.3 Å². The first-order chi connectivity index (χ1) is 14.4. The lowest BCUT2D eigenvalue weighted by atomic mass is 10.1. The van der Waals surface area contributed by atoms with Crippen molar-refractivity contribution in [1.29, 1.82) is 0 Å². The third-order valence-corrected chi connectivity index (χ3v) is 6.56. The fourth-order valence-corrected chi connectivity index (χ4v) is 5.13. The predicted octanol–water partition coefficient (Wildman–Crippen LogP) is 4.90. The normalized spacial score (nSPS) is 11.0. The Balaban J connectivity index is 1.70. The van der Waals surface area contributed by atoms with Gasteiger partial charge in [0.15, 0.2) is 4.34 Å². The largest absolute Gasteiger partial charge is 0.462 e. The summed E-state index contributed by atoms with van der Waals surface area (Å²) in [5, 5.41) is 17.0. The minimum absolute atomic E-state index is 0.145. The molecular weight excluding hydrogens is 444 g/mol. The van der Waals surface area contributed by atoms with E-state index in [9.17, 15) is 9.59 Å². The summed E-state index contributed by atoms with van der Waals surface area (Å²) >= 11 is 3.94. The van der Waals surface area contributed by atoms with Gasteiger partial charge >= 0.3 is 5.97 Å². The molecule has 8 nitrogen and oxygen atoms in total. The summed E-state index contributed by atoms with van der Waals surface area (Å²) in [6.07, 6.45) is 0. The number of ether oxygens (including phenoxy) is 1. The molecule has 0 atom stereocenters. The molecule has 0 fully saturated rings. The molecule has 0 radical (unpaired) electrons. The monoisotopic (exact) mass is 466 g/mol. The van der Waals surface area contributed by atoms with Gasteiger partial charge in [-0.2, -0.15) is 0 Å². The Morgan fingerprint density at radius 1 is 1.30 bits per heavy atom. The van der Waals surface area contributed by atoms with E-state index < -0.39 is 5.97 Å². The summed E-state index contributed by atoms with van der Waals surface area (Å²) in [7, 11) is 0. The Labute approximate surface area is 186 Å². The van der Waals surface area contributed by atoms with Crippen LogP contribution in [0.1, 0.15) is 36.9 Å². The van der Waals surface area contributed by atoms with E-state index in [1.807, 2.05) is 26.8 Å². The molecule has 0 aromatic carbocycles. The third-order valence-electron chi connectivity index (χ3n) is 3.67. The number of amides is 1. The van der Waals surface area contributed by atoms with Crippen molar-refractivity contribution >= 4 is 56.4 Å². The highest BCUT2D eigenvalue weighted by Crippen LogP contribution is 2.37. The second kappa shape index (κ2) is 10.1. The number of hydrogen-bond donors (Lipinski definition) is 2. The van der Waals surface area contributed by atoms with Crippen LogP contribution in [0.4, 0.5) is 10.1 Å². The van der Waals surface area contributed by atoms with E-state index in [1.165, 1.54) is 34.4 Å². The number of thioether (sulfide) groups is 1. The number of aromatic nitrogens is 2. The van der Waals surface area contributed by atoms with Gasteiger partial charge < -0.3 is 19.8 Å². The van der Waals surface area contributed by atoms with Crippen LogP contribution < -0.4 is 10.6 Å². The minimum atomic E-state index is -0.501. The Morgan fingerprint density at radius 3 is 2.77 bits per heavy atom. The van der Waals surface area contributed by atoms with E-state index in [0.29, 0.717) is 31.4 Å². The summed E-state index contributed by atoms with van der Waals surface area (Å²) < 4.78 is 11.5. The van der Waals surface area contributed by atoms with E-state index in [2.05, 4.69) is 20.8 Å². The molecule has 0 saturated heterocycles. The van der Waals surface area contributed by atoms with Crippen molar-refractivity contribution in [2.75, 3.05) is 23.0 Å². The summed E-state index contributed by atoms with van der Waals surface area (Å²) in [6.45, 7) is 7.83. The standard InChI is InChI=1S/C19H22N4O4S3/c1-5-26-17(25)15-12(13-7-6-11(4)27-13)8-28-16(15)21-14(24)9-29-19-23-22-18(30-19)20-10(2)3/h6-8,10H,5,9H2,1-4H3,(H,20,22)(H,21,24). The molecule has 3 aromatic heterocycles. The number of carbonyl (C=O) groups is 2. The van der Waals surface area contributed by atoms with Crippen molar-refractivity contribution < 1.29 is 18.7 Å². The number of rotatable bonds is 9. The molecule has 0 aliphatic heterocycles. The lowest BCUT2D eigenvalue weighted by molar-refractivity contribution is -0.113. The maximum Gasteiger partial charge on any atom is 0.341 e. The van der Waals surface area contributed by atoms with Crippen molar-refractivity contribution in [3.05, 3.63) is 28.8 Å². The predicted molar refractivity (Wildman–Crippen MR) is 121 cm³/mol. The van der Waals surface area contributed by atoms with Crippen molar-refractivity contribution in [1.82, 2.24) is 10.2 Å². The van der Waals surface area contributed by atoms with E-state index in [0.717, 1.165) is 5.76 Å². The molecule has 0 aliphatic carbocycles. The highest BCUT2D eigenvalue weighted by atomic mass is 32.2. The maximum absolute atomic E-state index is 12.5. The number of carbonyl (C=O) groups excluding carboxylic acids is 2. The van der Waals surface area contributed by atoms with Crippen molar-refractivity contribution in [3.63, 3.8) is 0 Å². The number of nitrogens with zero attached hydrogens (tertiary/aromatic N) is 2. The van der Waals surface area contributed by atoms with Crippen LogP contribution in [0.3, 0.4) is 0 Å². The highest BCUT2D eigenvalue weighted by Gasteiger charge is 2.24. The molecule has 0 aliphatic rings. The van der Waals surface area contributed by atoms with E-state index >= 15 is 0 Å². The third kappa shape index (κ3) is 5.61. The zero-order chi connectivity index (χ0) is 21.7. The van der Waals surface area contributed by atoms with Gasteiger partial charge in [0.05, 0.1) is 12.4 Å². The smallest absolute Gasteiger partial charge is 0.341 e. The van der Waals surface area contributed by atoms with Gasteiger partial charge in [0, 0.05) is 17.0 Å². The van der Waals surface area contributed by atoms with Gasteiger partial charge in [-0.25, -0.2) is 4.79 Å². The van der Waals surface area contributed by atoms with Crippen LogP contribution in [-0.2, 0) is 9.53 Å². The number of furan rings is 1. The minimum Gasteiger partial charge on any atom is -0.462 e. The Hall–Kier alpha value is -2.37. The van der Waals surface area contributed by atoms with E-state index in [4.69, 9.17) is 9.15 Å². The lowest BCUT2D eigenvalue weighted by Crippen LogP contribution is -2.16. The van der Waals surface area contributed by atoms with Gasteiger partial charge in [-0.05, 0) is 39.8 Å². The number of thiophene rings is 1. The van der Waals surface area contributed by atoms with Gasteiger partial charge in [-0.1, -0.05) is 23.1 Å². The van der Waals surface area contributed by atoms with Crippen LogP contribution in [0, 0.1) is 6.92 Å². The van der Waals surface area contributed by atoms with Crippen molar-refractivity contribution in [2.45, 2.75) is 38.1 Å². The molecule has 0 spiro atoms. The van der Waals surface area contributed by atoms with Crippen LogP contribution in [0.2, 0.25) is 0 Å². The van der Waals surface area contributed by atoms with Gasteiger partial charge in [0.25, 0.3) is 0 Å². The number of nitrogens with one attached hydrogen (secondary N) is 2. The number of hydrogen-bond acceptors (Lipinski definition) is 10. The fraction of sp³-hybridized carbons (Fsp3) is 0.368. The average Bonchev–Trinajstić information content (AvgIpc) is 3.40. The highest BCUT2D eigenvalue weighted by molar-refractivity contribution is 8.01. The summed E-state index contributed by atoms with van der Waals surface area (Å²) in [4.78, 5) is 25.0. The molecule has 0 unspecified atom stereocenters. The molecule has 2 N–H and O–H groups in total. The van der Waals surface area contributed by atoms with Crippen LogP contribution in [-0.4, -0.2) is 40.5 Å². The second-order valence-electron chi connectivity index (χ2n) is 6.49. The molecule has 3 aromatic rings. The van der Waals surface area contributed by atoms with Crippen molar-refractivity contribution in [2.24, 2.45) is 0 Å². The maximum atomic E-state index is 12.5. The van der Waals surface area contributed by atoms with Gasteiger partial charge in [-0.3, -0.25) is 4.79 Å². The topological polar surface area (TPSA) is 106 Å². The first-order valence-electron chi connectivity index (χ1n) is 9.25. The van der Waals surface area contributed by atoms with Crippen LogP contribution in [0.5, 0.6) is 0 Å². The molecule has 0 bridgehead atoms. The zero-order valence-corrected chi connectivity index (χ0v) is 19.4. The first kappa shape index (κ1) is 22.3. The Bertz CT molecular complexity index is 1020. The van der Waals surface area contributed by atoms with Gasteiger partial charge in [-0.15, -0.1) is 21.5 Å². The molecule has 3 heterocycles. The van der Waals surface area contributed by atoms with Crippen LogP contribution >= 0.6 is 34.4 Å². The SMILES string of the molecule is CCOC(=O)c1c(-c2ccc(C)o2)csc1NC(=O)CSc1nnc(NC(C)C)s1. The summed E-state index contributed by atoms with van der Waals surface area (Å²) in [6, 6.07) is 3.87. The molecule has 160 valence electrons. The van der Waals surface area contributed by atoms with E-state index in [-0.39, 0.29) is 24.3 Å². The fourth-order valence-electron chi connectivity index (χ4n) is 2.48. The van der Waals surface area contributed by atoms with E-state index in [1.54, 1.807) is 18.4 Å². The first-order valence-corrected chi connectivity index (χ1v) is 11.9. The number of anilines is 2. The van der Waals surface area contributed by atoms with Gasteiger partial charge in [0.1, 0.15) is 22.1 Å². The Morgan fingerprint density at radius 2 is 2.10 bits per heavy atom. The Kier molecular flexibility index (Phi) is 7.51. The molecule has 0 saturated carbocycles. The molecule has 1 amide bonds. The lowest BCUT2D eigenvalue weighted by Gasteiger charge is -2.07. The molecule has 3 rings (SSSR count). The zero-order valence-electron chi connectivity index (χ0n) is 17.0. The number of esters is 1.